The molecule has 1 N–H and O–H groups in total. The number of nitrogens with zero attached hydrogens (tertiary/aromatic N) is 1. The predicted molar refractivity (Wildman–Crippen MR) is 115 cm³/mol. The summed E-state index contributed by atoms with van der Waals surface area (Å²) in [5.41, 5.74) is 4.22. The monoisotopic (exact) mass is 410 g/mol. The van der Waals surface area contributed by atoms with Gasteiger partial charge in [-0.1, -0.05) is 51.2 Å². The summed E-state index contributed by atoms with van der Waals surface area (Å²) in [6.07, 6.45) is 7.58. The van der Waals surface area contributed by atoms with E-state index < -0.39 is 11.1 Å². The lowest BCUT2D eigenvalue weighted by Gasteiger charge is -2.52. The fourth-order valence-corrected chi connectivity index (χ4v) is 6.76. The zero-order valence-corrected chi connectivity index (χ0v) is 18.0. The van der Waals surface area contributed by atoms with E-state index in [0.29, 0.717) is 5.57 Å². The molecule has 0 unspecified atom stereocenters. The number of hydrogen-bond acceptors (Lipinski definition) is 4. The number of fused-ring (bicyclic) bond motifs is 1. The van der Waals surface area contributed by atoms with Crippen LogP contribution < -0.4 is 10.2 Å². The van der Waals surface area contributed by atoms with Crippen molar-refractivity contribution >= 4 is 40.1 Å². The Morgan fingerprint density at radius 1 is 1.03 bits per heavy atom. The van der Waals surface area contributed by atoms with E-state index in [0.717, 1.165) is 60.7 Å². The summed E-state index contributed by atoms with van der Waals surface area (Å²) < 4.78 is 0. The molecule has 152 valence electrons. The molecule has 1 aromatic carbocycles. The molecule has 1 saturated carbocycles. The van der Waals surface area contributed by atoms with Crippen LogP contribution in [0.4, 0.5) is 10.5 Å². The van der Waals surface area contributed by atoms with E-state index in [1.54, 1.807) is 0 Å². The van der Waals surface area contributed by atoms with Crippen molar-refractivity contribution in [1.29, 1.82) is 0 Å². The number of anilines is 1. The third-order valence-corrected chi connectivity index (χ3v) is 7.90. The second kappa shape index (κ2) is 6.21. The summed E-state index contributed by atoms with van der Waals surface area (Å²) in [5.74, 6) is -0.552. The molecular formula is C23H26N2O3S. The van der Waals surface area contributed by atoms with Crippen LogP contribution in [0.5, 0.6) is 0 Å². The maximum atomic E-state index is 13.9. The summed E-state index contributed by atoms with van der Waals surface area (Å²) in [6.45, 7) is 6.59. The highest BCUT2D eigenvalue weighted by Gasteiger charge is 2.55. The van der Waals surface area contributed by atoms with Gasteiger partial charge >= 0.3 is 0 Å². The predicted octanol–water partition coefficient (Wildman–Crippen LogP) is 4.81. The van der Waals surface area contributed by atoms with E-state index in [-0.39, 0.29) is 21.8 Å². The Hall–Kier alpha value is -2.08. The van der Waals surface area contributed by atoms with Crippen LogP contribution in [0.2, 0.25) is 0 Å². The Labute approximate surface area is 175 Å². The third kappa shape index (κ3) is 2.64. The van der Waals surface area contributed by atoms with Crippen LogP contribution in [0.15, 0.2) is 17.0 Å². The molecule has 5 rings (SSSR count). The van der Waals surface area contributed by atoms with Gasteiger partial charge in [-0.3, -0.25) is 19.7 Å². The zero-order valence-electron chi connectivity index (χ0n) is 17.2. The largest absolute Gasteiger partial charge is 0.301 e. The molecule has 0 bridgehead atoms. The molecule has 6 heteroatoms. The lowest BCUT2D eigenvalue weighted by atomic mass is 9.66. The van der Waals surface area contributed by atoms with Crippen LogP contribution in [0.3, 0.4) is 0 Å². The molecule has 1 aliphatic carbocycles. The normalized spacial score (nSPS) is 27.3. The number of rotatable bonds is 0. The van der Waals surface area contributed by atoms with E-state index in [1.165, 1.54) is 18.4 Å². The molecule has 3 heterocycles. The highest BCUT2D eigenvalue weighted by atomic mass is 32.2. The van der Waals surface area contributed by atoms with Gasteiger partial charge < -0.3 is 4.90 Å². The minimum absolute atomic E-state index is 0.0573. The zero-order chi connectivity index (χ0) is 20.6. The van der Waals surface area contributed by atoms with Crippen molar-refractivity contribution in [3.63, 3.8) is 0 Å². The first-order valence-electron chi connectivity index (χ1n) is 10.5. The summed E-state index contributed by atoms with van der Waals surface area (Å²) in [4.78, 5) is 40.5. The van der Waals surface area contributed by atoms with Gasteiger partial charge in [0.05, 0.1) is 16.2 Å². The van der Waals surface area contributed by atoms with Gasteiger partial charge in [0.25, 0.3) is 17.1 Å². The highest BCUT2D eigenvalue weighted by molar-refractivity contribution is 8.18. The molecule has 0 aromatic heterocycles. The molecule has 29 heavy (non-hydrogen) atoms. The topological polar surface area (TPSA) is 66.5 Å². The lowest BCUT2D eigenvalue weighted by molar-refractivity contribution is -0.117. The van der Waals surface area contributed by atoms with Crippen molar-refractivity contribution in [2.75, 3.05) is 4.90 Å². The van der Waals surface area contributed by atoms with Crippen LogP contribution in [0.25, 0.3) is 5.57 Å². The first kappa shape index (κ1) is 18.9. The van der Waals surface area contributed by atoms with Gasteiger partial charge in [-0.25, -0.2) is 0 Å². The van der Waals surface area contributed by atoms with Gasteiger partial charge in [0, 0.05) is 11.1 Å². The van der Waals surface area contributed by atoms with Crippen molar-refractivity contribution in [2.24, 2.45) is 0 Å². The number of aryl methyl sites for hydroxylation is 1. The Balaban J connectivity index is 1.81. The number of carbonyl (C=O) groups is 3. The van der Waals surface area contributed by atoms with Gasteiger partial charge in [0.1, 0.15) is 0 Å². The maximum Gasteiger partial charge on any atom is 0.290 e. The Kier molecular flexibility index (Phi) is 4.05. The second-order valence-electron chi connectivity index (χ2n) is 9.60. The molecule has 2 fully saturated rings. The van der Waals surface area contributed by atoms with Gasteiger partial charge in [-0.2, -0.15) is 0 Å². The Morgan fingerprint density at radius 3 is 2.34 bits per heavy atom. The quantitative estimate of drug-likeness (QED) is 0.623. The number of amides is 3. The average Bonchev–Trinajstić information content (AvgIpc) is 2.99. The van der Waals surface area contributed by atoms with Gasteiger partial charge in [-0.15, -0.1) is 0 Å². The smallest absolute Gasteiger partial charge is 0.290 e. The van der Waals surface area contributed by atoms with Crippen LogP contribution in [-0.2, 0) is 15.0 Å². The second-order valence-corrected chi connectivity index (χ2v) is 10.6. The Morgan fingerprint density at radius 2 is 1.72 bits per heavy atom. The van der Waals surface area contributed by atoms with E-state index in [1.807, 2.05) is 17.9 Å². The third-order valence-electron chi connectivity index (χ3n) is 7.02. The molecule has 0 radical (unpaired) electrons. The summed E-state index contributed by atoms with van der Waals surface area (Å²) in [5, 5.41) is 1.92. The van der Waals surface area contributed by atoms with E-state index in [2.05, 4.69) is 25.2 Å². The molecule has 5 nitrogen and oxygen atoms in total. The van der Waals surface area contributed by atoms with Crippen LogP contribution in [0, 0.1) is 6.92 Å². The number of nitrogens with one attached hydrogen (secondary N) is 1. The number of hydrogen-bond donors (Lipinski definition) is 1. The number of carbonyl (C=O) groups excluding carboxylic acids is 3. The van der Waals surface area contributed by atoms with Crippen molar-refractivity contribution in [2.45, 2.75) is 76.7 Å². The first-order chi connectivity index (χ1) is 13.7. The molecule has 3 amide bonds. The minimum atomic E-state index is -0.451. The fourth-order valence-electron chi connectivity index (χ4n) is 5.99. The van der Waals surface area contributed by atoms with Crippen LogP contribution in [0.1, 0.15) is 75.5 Å². The van der Waals surface area contributed by atoms with Crippen molar-refractivity contribution < 1.29 is 14.4 Å². The lowest BCUT2D eigenvalue weighted by Crippen LogP contribution is -2.56. The minimum Gasteiger partial charge on any atom is -0.301 e. The summed E-state index contributed by atoms with van der Waals surface area (Å²) in [7, 11) is 0. The summed E-state index contributed by atoms with van der Waals surface area (Å²) >= 11 is 0.855. The fraction of sp³-hybridized carbons (Fsp3) is 0.522. The standard InChI is InChI=1S/C23H26N2O3S/c1-13-10-14-16(18-19(26)24-21(28)29-18)20(27)25-17(14)15(11-13)22(2,3)12-23(25)8-6-4-5-7-9-23/h10-11H,4-9,12H2,1-3H3,(H,24,26,28)/b18-16-. The number of benzene rings is 1. The molecule has 1 spiro atoms. The highest BCUT2D eigenvalue weighted by Crippen LogP contribution is 2.58. The average molecular weight is 411 g/mol. The van der Waals surface area contributed by atoms with Crippen LogP contribution >= 0.6 is 11.8 Å². The van der Waals surface area contributed by atoms with E-state index in [4.69, 9.17) is 0 Å². The number of imide groups is 1. The van der Waals surface area contributed by atoms with E-state index in [9.17, 15) is 14.4 Å². The summed E-state index contributed by atoms with van der Waals surface area (Å²) in [6, 6.07) is 4.21. The Bertz CT molecular complexity index is 1000. The van der Waals surface area contributed by atoms with Gasteiger partial charge in [0.2, 0.25) is 0 Å². The van der Waals surface area contributed by atoms with Crippen molar-refractivity contribution in [3.8, 4) is 0 Å². The van der Waals surface area contributed by atoms with Crippen molar-refractivity contribution in [3.05, 3.63) is 33.7 Å². The SMILES string of the molecule is Cc1cc2c3c(c1)C(C)(C)CC1(CCCCCC1)N3C(=O)/C2=C1\SC(=O)NC1=O. The number of thioether (sulfide) groups is 1. The van der Waals surface area contributed by atoms with Gasteiger partial charge in [0.15, 0.2) is 0 Å². The van der Waals surface area contributed by atoms with Gasteiger partial charge in [-0.05, 0) is 55.0 Å². The maximum absolute atomic E-state index is 13.9. The van der Waals surface area contributed by atoms with Crippen molar-refractivity contribution in [1.82, 2.24) is 5.32 Å². The molecule has 1 saturated heterocycles. The molecule has 1 aromatic rings. The molecule has 3 aliphatic heterocycles. The molecular weight excluding hydrogens is 384 g/mol. The van der Waals surface area contributed by atoms with Crippen LogP contribution in [-0.4, -0.2) is 22.6 Å². The molecule has 0 atom stereocenters. The molecule has 4 aliphatic rings. The van der Waals surface area contributed by atoms with E-state index >= 15 is 0 Å². The first-order valence-corrected chi connectivity index (χ1v) is 11.3.